The zero-order chi connectivity index (χ0) is 35.4. The highest BCUT2D eigenvalue weighted by Crippen LogP contribution is 2.34. The molecule has 0 unspecified atom stereocenters. The van der Waals surface area contributed by atoms with E-state index in [1.807, 2.05) is 42.5 Å². The molecule has 0 aliphatic carbocycles. The van der Waals surface area contributed by atoms with Crippen LogP contribution < -0.4 is 14.2 Å². The van der Waals surface area contributed by atoms with Crippen LogP contribution in [0.15, 0.2) is 61.7 Å². The molecule has 3 aromatic rings. The quantitative estimate of drug-likeness (QED) is 0.0699. The van der Waals surface area contributed by atoms with Gasteiger partial charge >= 0.3 is 11.9 Å². The summed E-state index contributed by atoms with van der Waals surface area (Å²) in [4.78, 5) is 23.8. The molecule has 1 N–H and O–H groups in total. The number of rotatable bonds is 18. The van der Waals surface area contributed by atoms with Crippen molar-refractivity contribution in [1.29, 1.82) is 0 Å². The van der Waals surface area contributed by atoms with Crippen LogP contribution in [-0.2, 0) is 56.3 Å². The van der Waals surface area contributed by atoms with Crippen molar-refractivity contribution < 1.29 is 52.6 Å². The fraction of sp³-hybridized carbons (Fsp3) is 0.421. The number of ether oxygens (including phenoxy) is 8. The molecule has 11 heteroatoms. The zero-order valence-corrected chi connectivity index (χ0v) is 28.8. The van der Waals surface area contributed by atoms with E-state index in [4.69, 9.17) is 43.0 Å². The Balaban J connectivity index is 0.000000270. The minimum absolute atomic E-state index is 0.101. The molecule has 2 aliphatic heterocycles. The molecule has 0 spiro atoms. The fourth-order valence-corrected chi connectivity index (χ4v) is 5.35. The summed E-state index contributed by atoms with van der Waals surface area (Å²) in [5, 5.41) is 8.81. The van der Waals surface area contributed by atoms with Crippen LogP contribution in [0.25, 0.3) is 0 Å². The Morgan fingerprint density at radius 3 is 1.67 bits per heavy atom. The molecule has 0 bridgehead atoms. The van der Waals surface area contributed by atoms with Crippen molar-refractivity contribution in [3.63, 3.8) is 0 Å². The van der Waals surface area contributed by atoms with Crippen molar-refractivity contribution in [2.75, 3.05) is 48.1 Å². The van der Waals surface area contributed by atoms with Crippen LogP contribution in [0.3, 0.4) is 0 Å². The van der Waals surface area contributed by atoms with E-state index in [1.165, 1.54) is 7.11 Å². The minimum atomic E-state index is -0.342. The lowest BCUT2D eigenvalue weighted by molar-refractivity contribution is 0.0451. The Morgan fingerprint density at radius 1 is 0.694 bits per heavy atom. The number of aliphatic hydroxyl groups excluding tert-OH is 1. The van der Waals surface area contributed by atoms with Gasteiger partial charge < -0.3 is 43.0 Å². The standard InChI is InChI=1S/C22H26O6.C14H18O5.C2H4/c1-24-15-28-20-11-8-17(19-14-27-22(23)21(19)20)5-3-4-12-26-13-16-6-9-18(25-2)10-7-16;1-17-9-19-12-6-5-10(4-2-3-7-15)11-8-18-14(16)13(11)12;1-2/h6-11H,3-5,12-15H2,1-2H3;5-6,15H,2-4,7-9H2,1H3;1-2H2. The van der Waals surface area contributed by atoms with Gasteiger partial charge in [0, 0.05) is 38.6 Å². The monoisotopic (exact) mass is 680 g/mol. The molecule has 0 saturated carbocycles. The Bertz CT molecular complexity index is 1470. The van der Waals surface area contributed by atoms with E-state index in [-0.39, 0.29) is 32.1 Å². The van der Waals surface area contributed by atoms with E-state index >= 15 is 0 Å². The summed E-state index contributed by atoms with van der Waals surface area (Å²) >= 11 is 0. The third-order valence-corrected chi connectivity index (χ3v) is 7.78. The van der Waals surface area contributed by atoms with Crippen LogP contribution in [-0.4, -0.2) is 65.2 Å². The highest BCUT2D eigenvalue weighted by Gasteiger charge is 2.29. The number of hydrogen-bond acceptors (Lipinski definition) is 11. The summed E-state index contributed by atoms with van der Waals surface area (Å²) in [6.45, 7) is 8.28. The van der Waals surface area contributed by atoms with Crippen molar-refractivity contribution in [3.05, 3.63) is 101 Å². The average molecular weight is 681 g/mol. The van der Waals surface area contributed by atoms with Crippen molar-refractivity contribution in [1.82, 2.24) is 0 Å². The first-order chi connectivity index (χ1) is 24.0. The number of benzene rings is 3. The van der Waals surface area contributed by atoms with E-state index in [9.17, 15) is 9.59 Å². The lowest BCUT2D eigenvalue weighted by Gasteiger charge is -2.11. The van der Waals surface area contributed by atoms with Gasteiger partial charge in [-0.3, -0.25) is 0 Å². The molecule has 0 amide bonds. The molecule has 266 valence electrons. The lowest BCUT2D eigenvalue weighted by Crippen LogP contribution is -2.06. The van der Waals surface area contributed by atoms with Crippen LogP contribution in [0.4, 0.5) is 0 Å². The predicted molar refractivity (Wildman–Crippen MR) is 183 cm³/mol. The van der Waals surface area contributed by atoms with Gasteiger partial charge in [-0.15, -0.1) is 13.2 Å². The largest absolute Gasteiger partial charge is 0.497 e. The second-order valence-corrected chi connectivity index (χ2v) is 10.9. The number of carbonyl (C=O) groups is 2. The Morgan fingerprint density at radius 2 is 1.20 bits per heavy atom. The lowest BCUT2D eigenvalue weighted by atomic mass is 9.98. The van der Waals surface area contributed by atoms with Crippen LogP contribution in [0.1, 0.15) is 74.2 Å². The summed E-state index contributed by atoms with van der Waals surface area (Å²) in [6, 6.07) is 15.4. The molecule has 0 fully saturated rings. The molecule has 11 nitrogen and oxygen atoms in total. The zero-order valence-electron chi connectivity index (χ0n) is 28.8. The normalized spacial score (nSPS) is 12.4. The number of fused-ring (bicyclic) bond motifs is 2. The van der Waals surface area contributed by atoms with Gasteiger partial charge in [-0.25, -0.2) is 9.59 Å². The first kappa shape index (κ1) is 39.0. The molecule has 2 heterocycles. The summed E-state index contributed by atoms with van der Waals surface area (Å²) in [6.07, 6.45) is 5.25. The topological polar surface area (TPSA) is 128 Å². The van der Waals surface area contributed by atoms with Crippen LogP contribution in [0.5, 0.6) is 17.2 Å². The van der Waals surface area contributed by atoms with E-state index < -0.39 is 0 Å². The highest BCUT2D eigenvalue weighted by atomic mass is 16.7. The molecule has 0 aromatic heterocycles. The average Bonchev–Trinajstić information content (AvgIpc) is 3.73. The molecular formula is C38H48O11. The maximum atomic E-state index is 12.0. The number of esters is 2. The SMILES string of the molecule is C=C.COCOc1ccc(CCCCO)c2c1C(=O)OC2.COCOc1ccc(CCCCOCc2ccc(OC)cc2)c2c1C(=O)OC2. The summed E-state index contributed by atoms with van der Waals surface area (Å²) in [5.41, 5.74) is 6.21. The molecule has 0 saturated heterocycles. The number of hydrogen-bond donors (Lipinski definition) is 1. The van der Waals surface area contributed by atoms with E-state index in [0.29, 0.717) is 49.1 Å². The Labute approximate surface area is 288 Å². The molecule has 3 aromatic carbocycles. The molecule has 0 radical (unpaired) electrons. The summed E-state index contributed by atoms with van der Waals surface area (Å²) in [5.74, 6) is 1.20. The van der Waals surface area contributed by atoms with Crippen LogP contribution in [0.2, 0.25) is 0 Å². The molecule has 2 aliphatic rings. The second-order valence-electron chi connectivity index (χ2n) is 10.9. The van der Waals surface area contributed by atoms with Crippen molar-refractivity contribution in [2.24, 2.45) is 0 Å². The minimum Gasteiger partial charge on any atom is -0.497 e. The second kappa shape index (κ2) is 21.5. The van der Waals surface area contributed by atoms with E-state index in [0.717, 1.165) is 72.1 Å². The van der Waals surface area contributed by atoms with E-state index in [1.54, 1.807) is 20.3 Å². The van der Waals surface area contributed by atoms with E-state index in [2.05, 4.69) is 13.2 Å². The van der Waals surface area contributed by atoms with Gasteiger partial charge in [0.05, 0.1) is 13.7 Å². The highest BCUT2D eigenvalue weighted by molar-refractivity contribution is 5.97. The van der Waals surface area contributed by atoms with Gasteiger partial charge in [0.15, 0.2) is 13.6 Å². The fourth-order valence-electron chi connectivity index (χ4n) is 5.35. The first-order valence-corrected chi connectivity index (χ1v) is 16.2. The summed E-state index contributed by atoms with van der Waals surface area (Å²) < 4.78 is 41.8. The smallest absolute Gasteiger partial charge is 0.342 e. The van der Waals surface area contributed by atoms with Crippen molar-refractivity contribution in [2.45, 2.75) is 58.3 Å². The third kappa shape index (κ3) is 11.3. The van der Waals surface area contributed by atoms with Gasteiger partial charge in [0.25, 0.3) is 0 Å². The number of aryl methyl sites for hydroxylation is 2. The van der Waals surface area contributed by atoms with Gasteiger partial charge in [-0.05, 0) is 79.5 Å². The van der Waals surface area contributed by atoms with Crippen molar-refractivity contribution in [3.8, 4) is 17.2 Å². The number of aliphatic hydroxyl groups is 1. The van der Waals surface area contributed by atoms with Gasteiger partial charge in [-0.1, -0.05) is 24.3 Å². The van der Waals surface area contributed by atoms with Crippen molar-refractivity contribution >= 4 is 11.9 Å². The maximum absolute atomic E-state index is 12.0. The molecule has 49 heavy (non-hydrogen) atoms. The number of cyclic esters (lactones) is 2. The first-order valence-electron chi connectivity index (χ1n) is 16.2. The van der Waals surface area contributed by atoms with Gasteiger partial charge in [0.2, 0.25) is 0 Å². The number of methoxy groups -OCH3 is 3. The molecule has 5 rings (SSSR count). The summed E-state index contributed by atoms with van der Waals surface area (Å²) in [7, 11) is 4.73. The number of unbranched alkanes of at least 4 members (excludes halogenated alkanes) is 2. The molecular weight excluding hydrogens is 632 g/mol. The van der Waals surface area contributed by atoms with Crippen LogP contribution >= 0.6 is 0 Å². The predicted octanol–water partition coefficient (Wildman–Crippen LogP) is 6.34. The van der Waals surface area contributed by atoms with Gasteiger partial charge in [-0.2, -0.15) is 0 Å². The maximum Gasteiger partial charge on any atom is 0.342 e. The Kier molecular flexibility index (Phi) is 17.1. The number of carbonyl (C=O) groups excluding carboxylic acids is 2. The third-order valence-electron chi connectivity index (χ3n) is 7.78. The van der Waals surface area contributed by atoms with Gasteiger partial charge in [0.1, 0.15) is 41.6 Å². The van der Waals surface area contributed by atoms with Crippen LogP contribution in [0, 0.1) is 0 Å². The Hall–Kier alpha value is -4.42. The molecule has 0 atom stereocenters.